The Morgan fingerprint density at radius 1 is 1.09 bits per heavy atom. The first-order valence-electron chi connectivity index (χ1n) is 6.99. The number of rotatable bonds is 4. The van der Waals surface area contributed by atoms with Crippen molar-refractivity contribution in [2.75, 3.05) is 11.1 Å². The number of aryl methyl sites for hydroxylation is 1. The van der Waals surface area contributed by atoms with Gasteiger partial charge in [0.25, 0.3) is 0 Å². The Hall–Kier alpha value is -2.60. The fraction of sp³-hybridized carbons (Fsp3) is 0.0588. The van der Waals surface area contributed by atoms with Crippen molar-refractivity contribution >= 4 is 33.1 Å². The molecule has 0 spiro atoms. The molecule has 3 rings (SSSR count). The van der Waals surface area contributed by atoms with Crippen LogP contribution in [0, 0.1) is 6.92 Å². The average molecular weight is 371 g/mol. The van der Waals surface area contributed by atoms with E-state index in [0.29, 0.717) is 23.1 Å². The number of benzene rings is 2. The summed E-state index contributed by atoms with van der Waals surface area (Å²) >= 11 is 3.38. The second-order valence-electron chi connectivity index (χ2n) is 4.99. The van der Waals surface area contributed by atoms with Gasteiger partial charge in [-0.05, 0) is 48.9 Å². The van der Waals surface area contributed by atoms with Crippen molar-refractivity contribution in [2.24, 2.45) is 0 Å². The maximum atomic E-state index is 6.13. The van der Waals surface area contributed by atoms with E-state index < -0.39 is 0 Å². The van der Waals surface area contributed by atoms with Crippen molar-refractivity contribution in [3.05, 3.63) is 64.9 Å². The molecule has 0 aliphatic heterocycles. The Bertz CT molecular complexity index is 821. The lowest BCUT2D eigenvalue weighted by Gasteiger charge is -2.12. The molecule has 0 fully saturated rings. The van der Waals surface area contributed by atoms with Crippen molar-refractivity contribution in [2.45, 2.75) is 6.92 Å². The first kappa shape index (κ1) is 15.3. The van der Waals surface area contributed by atoms with Gasteiger partial charge < -0.3 is 15.8 Å². The zero-order valence-electron chi connectivity index (χ0n) is 12.5. The predicted molar refractivity (Wildman–Crippen MR) is 95.1 cm³/mol. The molecule has 0 unspecified atom stereocenters. The van der Waals surface area contributed by atoms with Gasteiger partial charge in [0, 0.05) is 10.2 Å². The van der Waals surface area contributed by atoms with Crippen LogP contribution in [0.15, 0.2) is 59.3 Å². The Kier molecular flexibility index (Phi) is 4.43. The number of anilines is 3. The van der Waals surface area contributed by atoms with Crippen LogP contribution in [0.5, 0.6) is 11.6 Å². The minimum Gasteiger partial charge on any atom is -0.437 e. The highest BCUT2D eigenvalue weighted by atomic mass is 79.9. The zero-order chi connectivity index (χ0) is 16.2. The molecule has 6 heteroatoms. The van der Waals surface area contributed by atoms with Crippen LogP contribution in [-0.2, 0) is 0 Å². The predicted octanol–water partition coefficient (Wildman–Crippen LogP) is 4.67. The number of nitrogens with zero attached hydrogens (tertiary/aromatic N) is 2. The molecule has 0 aliphatic rings. The van der Waals surface area contributed by atoms with Gasteiger partial charge in [0.1, 0.15) is 17.8 Å². The summed E-state index contributed by atoms with van der Waals surface area (Å²) in [6.07, 6.45) is 1.42. The van der Waals surface area contributed by atoms with Crippen LogP contribution in [0.4, 0.5) is 17.2 Å². The molecule has 0 amide bonds. The van der Waals surface area contributed by atoms with E-state index in [-0.39, 0.29) is 0 Å². The highest BCUT2D eigenvalue weighted by Crippen LogP contribution is 2.31. The van der Waals surface area contributed by atoms with E-state index in [1.54, 1.807) is 0 Å². The quantitative estimate of drug-likeness (QED) is 0.698. The van der Waals surface area contributed by atoms with Crippen LogP contribution in [-0.4, -0.2) is 9.97 Å². The zero-order valence-corrected chi connectivity index (χ0v) is 14.0. The molecule has 1 heterocycles. The summed E-state index contributed by atoms with van der Waals surface area (Å²) in [6, 6.07) is 15.4. The van der Waals surface area contributed by atoms with Gasteiger partial charge in [-0.1, -0.05) is 28.1 Å². The number of halogens is 1. The molecular formula is C17H15BrN4O. The fourth-order valence-corrected chi connectivity index (χ4v) is 2.30. The van der Waals surface area contributed by atoms with E-state index in [9.17, 15) is 0 Å². The molecule has 0 saturated carbocycles. The Labute approximate surface area is 142 Å². The third-order valence-corrected chi connectivity index (χ3v) is 3.68. The number of nitrogens with one attached hydrogen (secondary N) is 1. The van der Waals surface area contributed by atoms with Crippen LogP contribution in [0.3, 0.4) is 0 Å². The van der Waals surface area contributed by atoms with E-state index in [2.05, 4.69) is 31.2 Å². The lowest BCUT2D eigenvalue weighted by atomic mass is 10.2. The summed E-state index contributed by atoms with van der Waals surface area (Å²) in [4.78, 5) is 8.29. The highest BCUT2D eigenvalue weighted by molar-refractivity contribution is 9.10. The molecule has 3 aromatic rings. The summed E-state index contributed by atoms with van der Waals surface area (Å²) in [7, 11) is 0. The van der Waals surface area contributed by atoms with Crippen LogP contribution < -0.4 is 15.8 Å². The van der Waals surface area contributed by atoms with Gasteiger partial charge in [0.05, 0.1) is 0 Å². The lowest BCUT2D eigenvalue weighted by Crippen LogP contribution is -2.03. The van der Waals surface area contributed by atoms with E-state index in [1.807, 2.05) is 55.5 Å². The number of nitrogens with two attached hydrogens (primary N) is 1. The maximum absolute atomic E-state index is 6.13. The molecule has 0 bridgehead atoms. The van der Waals surface area contributed by atoms with E-state index in [0.717, 1.165) is 15.7 Å². The van der Waals surface area contributed by atoms with Crippen molar-refractivity contribution < 1.29 is 4.74 Å². The number of ether oxygens (including phenoxy) is 1. The van der Waals surface area contributed by atoms with Crippen molar-refractivity contribution in [3.63, 3.8) is 0 Å². The first-order chi connectivity index (χ1) is 11.1. The Morgan fingerprint density at radius 3 is 2.61 bits per heavy atom. The Morgan fingerprint density at radius 2 is 1.87 bits per heavy atom. The summed E-state index contributed by atoms with van der Waals surface area (Å²) in [6.45, 7) is 2.02. The molecule has 0 atom stereocenters. The molecule has 0 radical (unpaired) electrons. The molecule has 23 heavy (non-hydrogen) atoms. The Balaban J connectivity index is 1.84. The van der Waals surface area contributed by atoms with Gasteiger partial charge in [0.15, 0.2) is 5.82 Å². The van der Waals surface area contributed by atoms with Crippen LogP contribution >= 0.6 is 15.9 Å². The molecule has 3 N–H and O–H groups in total. The molecule has 2 aromatic carbocycles. The molecular weight excluding hydrogens is 356 g/mol. The SMILES string of the molecule is Cc1cccc(Nc2ncnc(Oc3ccc(Br)cc3)c2N)c1. The molecule has 1 aromatic heterocycles. The van der Waals surface area contributed by atoms with Gasteiger partial charge in [0.2, 0.25) is 5.88 Å². The summed E-state index contributed by atoms with van der Waals surface area (Å²) < 4.78 is 6.70. The first-order valence-corrected chi connectivity index (χ1v) is 7.79. The lowest BCUT2D eigenvalue weighted by molar-refractivity contribution is 0.464. The summed E-state index contributed by atoms with van der Waals surface area (Å²) in [5.74, 6) is 1.48. The monoisotopic (exact) mass is 370 g/mol. The highest BCUT2D eigenvalue weighted by Gasteiger charge is 2.10. The molecule has 0 aliphatic carbocycles. The fourth-order valence-electron chi connectivity index (χ4n) is 2.03. The van der Waals surface area contributed by atoms with E-state index in [4.69, 9.17) is 10.5 Å². The smallest absolute Gasteiger partial charge is 0.248 e. The normalized spacial score (nSPS) is 10.3. The van der Waals surface area contributed by atoms with Crippen molar-refractivity contribution in [1.82, 2.24) is 9.97 Å². The summed E-state index contributed by atoms with van der Waals surface area (Å²) in [5.41, 5.74) is 8.54. The largest absolute Gasteiger partial charge is 0.437 e. The maximum Gasteiger partial charge on any atom is 0.248 e. The number of hydrogen-bond donors (Lipinski definition) is 2. The third kappa shape index (κ3) is 3.78. The molecule has 5 nitrogen and oxygen atoms in total. The van der Waals surface area contributed by atoms with Crippen LogP contribution in [0.2, 0.25) is 0 Å². The van der Waals surface area contributed by atoms with Gasteiger partial charge in [-0.15, -0.1) is 0 Å². The summed E-state index contributed by atoms with van der Waals surface area (Å²) in [5, 5.41) is 3.18. The van der Waals surface area contributed by atoms with E-state index in [1.165, 1.54) is 6.33 Å². The second kappa shape index (κ2) is 6.66. The molecule has 116 valence electrons. The van der Waals surface area contributed by atoms with Gasteiger partial charge in [-0.3, -0.25) is 0 Å². The van der Waals surface area contributed by atoms with Crippen LogP contribution in [0.25, 0.3) is 0 Å². The number of aromatic nitrogens is 2. The standard InChI is InChI=1S/C17H15BrN4O/c1-11-3-2-4-13(9-11)22-16-15(19)17(21-10-20-16)23-14-7-5-12(18)6-8-14/h2-10H,19H2,1H3,(H,20,21,22). The number of hydrogen-bond acceptors (Lipinski definition) is 5. The van der Waals surface area contributed by atoms with Gasteiger partial charge in [-0.25, -0.2) is 4.98 Å². The van der Waals surface area contributed by atoms with Gasteiger partial charge in [-0.2, -0.15) is 4.98 Å². The van der Waals surface area contributed by atoms with E-state index >= 15 is 0 Å². The second-order valence-corrected chi connectivity index (χ2v) is 5.91. The molecule has 0 saturated heterocycles. The third-order valence-electron chi connectivity index (χ3n) is 3.16. The minimum atomic E-state index is 0.317. The average Bonchev–Trinajstić information content (AvgIpc) is 2.53. The van der Waals surface area contributed by atoms with Gasteiger partial charge >= 0.3 is 0 Å². The topological polar surface area (TPSA) is 73.1 Å². The number of nitrogen functional groups attached to an aromatic ring is 1. The van der Waals surface area contributed by atoms with Crippen molar-refractivity contribution in [1.29, 1.82) is 0 Å². The van der Waals surface area contributed by atoms with Crippen LogP contribution in [0.1, 0.15) is 5.56 Å². The van der Waals surface area contributed by atoms with Crippen molar-refractivity contribution in [3.8, 4) is 11.6 Å². The minimum absolute atomic E-state index is 0.317.